The molecule has 2 aromatic carbocycles. The Morgan fingerprint density at radius 3 is 2.42 bits per heavy atom. The number of hydrogen-bond acceptors (Lipinski definition) is 5. The van der Waals surface area contributed by atoms with Crippen molar-refractivity contribution in [3.05, 3.63) is 71.9 Å². The van der Waals surface area contributed by atoms with Gasteiger partial charge in [-0.25, -0.2) is 4.79 Å². The number of aromatic amines is 1. The predicted octanol–water partition coefficient (Wildman–Crippen LogP) is 5.25. The number of hydrogen-bond donors (Lipinski definition) is 5. The van der Waals surface area contributed by atoms with Crippen molar-refractivity contribution in [3.8, 4) is 0 Å². The van der Waals surface area contributed by atoms with Crippen molar-refractivity contribution in [2.24, 2.45) is 16.7 Å². The maximum absolute atomic E-state index is 14.0. The van der Waals surface area contributed by atoms with Crippen LogP contribution in [0.1, 0.15) is 77.0 Å². The fourth-order valence-corrected chi connectivity index (χ4v) is 7.35. The molecule has 10 heteroatoms. The van der Waals surface area contributed by atoms with Gasteiger partial charge in [-0.05, 0) is 54.7 Å². The van der Waals surface area contributed by atoms with E-state index in [1.807, 2.05) is 60.8 Å². The second kappa shape index (κ2) is 12.6. The van der Waals surface area contributed by atoms with Crippen LogP contribution in [0.5, 0.6) is 0 Å². The molecule has 2 saturated carbocycles. The summed E-state index contributed by atoms with van der Waals surface area (Å²) in [6.07, 6.45) is 3.60. The Morgan fingerprint density at radius 1 is 1.04 bits per heavy atom. The summed E-state index contributed by atoms with van der Waals surface area (Å²) in [6, 6.07) is 16.3. The molecule has 0 radical (unpaired) electrons. The number of H-pyrrole nitrogens is 1. The molecule has 3 amide bonds. The standard InChI is InChI=1S/C35H44N4O6/c1-33(2)24-16-17-34(33,3)28(18-24)45-32(44)39-35(4,19-23-20-36-26-13-9-8-12-25(23)26)31(43)37-21-27(22-10-6-5-7-11-22)38-29(40)14-15-30(41)42/h5-13,20,24,27-28,36H,14-19,21H2,1-4H3,(H,37,43)(H,38,40)(H,39,44)(H,41,42)/t24-,27-,28-,34+,35+/m0/s1. The summed E-state index contributed by atoms with van der Waals surface area (Å²) >= 11 is 0. The highest BCUT2D eigenvalue weighted by atomic mass is 16.6. The van der Waals surface area contributed by atoms with Crippen LogP contribution in [0, 0.1) is 16.7 Å². The molecule has 0 aliphatic heterocycles. The highest BCUT2D eigenvalue weighted by Crippen LogP contribution is 2.66. The normalized spacial score (nSPS) is 23.6. The highest BCUT2D eigenvalue weighted by molar-refractivity contribution is 5.91. The summed E-state index contributed by atoms with van der Waals surface area (Å²) in [6.45, 7) is 8.41. The number of para-hydroxylation sites is 1. The number of carbonyl (C=O) groups excluding carboxylic acids is 3. The maximum atomic E-state index is 14.0. The number of carboxylic acids is 1. The number of rotatable bonds is 12. The van der Waals surface area contributed by atoms with Crippen LogP contribution >= 0.6 is 0 Å². The van der Waals surface area contributed by atoms with Crippen LogP contribution in [0.4, 0.5) is 4.79 Å². The van der Waals surface area contributed by atoms with Crippen molar-refractivity contribution >= 4 is 34.8 Å². The molecule has 10 nitrogen and oxygen atoms in total. The molecule has 5 atom stereocenters. The average molecular weight is 617 g/mol. The van der Waals surface area contributed by atoms with E-state index in [0.717, 1.165) is 41.3 Å². The van der Waals surface area contributed by atoms with E-state index < -0.39 is 35.5 Å². The first-order chi connectivity index (χ1) is 21.3. The van der Waals surface area contributed by atoms with Crippen LogP contribution in [-0.4, -0.2) is 52.2 Å². The molecule has 5 rings (SSSR count). The number of ether oxygens (including phenoxy) is 1. The third-order valence-electron chi connectivity index (χ3n) is 10.6. The van der Waals surface area contributed by atoms with E-state index in [1.165, 1.54) is 0 Å². The summed E-state index contributed by atoms with van der Waals surface area (Å²) in [4.78, 5) is 54.4. The Hall–Kier alpha value is -4.34. The molecule has 2 aliphatic rings. The molecule has 1 heterocycles. The van der Waals surface area contributed by atoms with Gasteiger partial charge < -0.3 is 30.8 Å². The summed E-state index contributed by atoms with van der Waals surface area (Å²) in [5.41, 5.74) is 1.06. The molecular weight excluding hydrogens is 572 g/mol. The van der Waals surface area contributed by atoms with Gasteiger partial charge in [0.05, 0.1) is 12.5 Å². The molecule has 2 aliphatic carbocycles. The topological polar surface area (TPSA) is 150 Å². The zero-order chi connectivity index (χ0) is 32.4. The van der Waals surface area contributed by atoms with E-state index in [-0.39, 0.29) is 42.7 Å². The summed E-state index contributed by atoms with van der Waals surface area (Å²) in [7, 11) is 0. The van der Waals surface area contributed by atoms with Crippen molar-refractivity contribution in [2.45, 2.75) is 83.9 Å². The molecule has 2 bridgehead atoms. The van der Waals surface area contributed by atoms with Gasteiger partial charge in [0.2, 0.25) is 11.8 Å². The minimum absolute atomic E-state index is 0.0262. The summed E-state index contributed by atoms with van der Waals surface area (Å²) < 4.78 is 6.09. The molecule has 240 valence electrons. The van der Waals surface area contributed by atoms with E-state index in [4.69, 9.17) is 9.84 Å². The fourth-order valence-electron chi connectivity index (χ4n) is 7.35. The minimum atomic E-state index is -1.40. The van der Waals surface area contributed by atoms with Crippen molar-refractivity contribution in [1.29, 1.82) is 0 Å². The third-order valence-corrected chi connectivity index (χ3v) is 10.6. The van der Waals surface area contributed by atoms with Crippen molar-refractivity contribution in [3.63, 3.8) is 0 Å². The highest BCUT2D eigenvalue weighted by Gasteiger charge is 2.63. The minimum Gasteiger partial charge on any atom is -0.481 e. The first kappa shape index (κ1) is 32.1. The van der Waals surface area contributed by atoms with Gasteiger partial charge in [-0.15, -0.1) is 0 Å². The lowest BCUT2D eigenvalue weighted by Gasteiger charge is -2.39. The van der Waals surface area contributed by atoms with E-state index in [9.17, 15) is 19.2 Å². The quantitative estimate of drug-likeness (QED) is 0.188. The van der Waals surface area contributed by atoms with Crippen molar-refractivity contribution in [2.75, 3.05) is 6.54 Å². The first-order valence-corrected chi connectivity index (χ1v) is 15.7. The Balaban J connectivity index is 1.35. The summed E-state index contributed by atoms with van der Waals surface area (Å²) in [5.74, 6) is -1.46. The lowest BCUT2D eigenvalue weighted by atomic mass is 9.70. The number of alkyl carbamates (subject to hydrolysis) is 1. The smallest absolute Gasteiger partial charge is 0.408 e. The number of carbonyl (C=O) groups is 4. The molecule has 0 unspecified atom stereocenters. The maximum Gasteiger partial charge on any atom is 0.408 e. The Labute approximate surface area is 263 Å². The molecular formula is C35H44N4O6. The number of aromatic nitrogens is 1. The van der Waals surface area contributed by atoms with Gasteiger partial charge in [0.25, 0.3) is 0 Å². The zero-order valence-corrected chi connectivity index (χ0v) is 26.4. The number of aliphatic carboxylic acids is 1. The second-order valence-corrected chi connectivity index (χ2v) is 13.6. The van der Waals surface area contributed by atoms with Gasteiger partial charge in [-0.3, -0.25) is 14.4 Å². The number of benzene rings is 2. The number of amides is 3. The average Bonchev–Trinajstić information content (AvgIpc) is 3.57. The molecule has 3 aromatic rings. The largest absolute Gasteiger partial charge is 0.481 e. The Morgan fingerprint density at radius 2 is 1.76 bits per heavy atom. The fraction of sp³-hybridized carbons (Fsp3) is 0.486. The molecule has 0 saturated heterocycles. The van der Waals surface area contributed by atoms with E-state index in [1.54, 1.807) is 6.92 Å². The van der Waals surface area contributed by atoms with Gasteiger partial charge >= 0.3 is 12.1 Å². The van der Waals surface area contributed by atoms with Gasteiger partial charge in [0.1, 0.15) is 11.6 Å². The second-order valence-electron chi connectivity index (χ2n) is 13.6. The van der Waals surface area contributed by atoms with Crippen LogP contribution in [0.25, 0.3) is 10.9 Å². The van der Waals surface area contributed by atoms with Crippen LogP contribution in [0.3, 0.4) is 0 Å². The lowest BCUT2D eigenvalue weighted by Crippen LogP contribution is -2.59. The SMILES string of the molecule is CC1(C)[C@H]2CC[C@]1(C)[C@@H](OC(=O)N[C@](C)(Cc1c[nH]c3ccccc13)C(=O)NC[C@H](NC(=O)CCC(=O)O)c1ccccc1)C2. The van der Waals surface area contributed by atoms with E-state index >= 15 is 0 Å². The van der Waals surface area contributed by atoms with Crippen LogP contribution < -0.4 is 16.0 Å². The molecule has 5 N–H and O–H groups in total. The van der Waals surface area contributed by atoms with Crippen molar-refractivity contribution in [1.82, 2.24) is 20.9 Å². The van der Waals surface area contributed by atoms with Gasteiger partial charge in [0.15, 0.2) is 0 Å². The Bertz CT molecular complexity index is 1570. The van der Waals surface area contributed by atoms with Crippen molar-refractivity contribution < 1.29 is 29.0 Å². The third kappa shape index (κ3) is 6.55. The monoisotopic (exact) mass is 616 g/mol. The van der Waals surface area contributed by atoms with E-state index in [0.29, 0.717) is 5.92 Å². The lowest BCUT2D eigenvalue weighted by molar-refractivity contribution is -0.138. The number of carboxylic acid groups (broad SMARTS) is 1. The van der Waals surface area contributed by atoms with Gasteiger partial charge in [-0.2, -0.15) is 0 Å². The van der Waals surface area contributed by atoms with Gasteiger partial charge in [-0.1, -0.05) is 69.3 Å². The first-order valence-electron chi connectivity index (χ1n) is 15.7. The molecule has 1 aromatic heterocycles. The van der Waals surface area contributed by atoms with Crippen LogP contribution in [0.15, 0.2) is 60.8 Å². The number of fused-ring (bicyclic) bond motifs is 3. The molecule has 45 heavy (non-hydrogen) atoms. The molecule has 2 fully saturated rings. The summed E-state index contributed by atoms with van der Waals surface area (Å²) in [5, 5.41) is 18.7. The Kier molecular flexibility index (Phi) is 8.96. The zero-order valence-electron chi connectivity index (χ0n) is 26.4. The van der Waals surface area contributed by atoms with E-state index in [2.05, 4.69) is 41.7 Å². The number of nitrogens with one attached hydrogen (secondary N) is 4. The van der Waals surface area contributed by atoms with Crippen LogP contribution in [0.2, 0.25) is 0 Å². The van der Waals surface area contributed by atoms with Crippen LogP contribution in [-0.2, 0) is 25.5 Å². The van der Waals surface area contributed by atoms with Gasteiger partial charge in [0, 0.05) is 41.9 Å². The predicted molar refractivity (Wildman–Crippen MR) is 170 cm³/mol. The molecule has 0 spiro atoms.